The molecule has 0 aromatic heterocycles. The molecule has 0 N–H and O–H groups in total. The van der Waals surface area contributed by atoms with E-state index in [1.165, 1.54) is 24.2 Å². The molecule has 5 nitrogen and oxygen atoms in total. The number of benzene rings is 2. The summed E-state index contributed by atoms with van der Waals surface area (Å²) < 4.78 is 12.4. The third-order valence-corrected chi connectivity index (χ3v) is 7.60. The van der Waals surface area contributed by atoms with Gasteiger partial charge in [0.25, 0.3) is 11.1 Å². The first-order valence-corrected chi connectivity index (χ1v) is 12.9. The largest absolute Gasteiger partial charge is 0.493 e. The molecule has 1 aliphatic carbocycles. The van der Waals surface area contributed by atoms with Crippen molar-refractivity contribution in [2.45, 2.75) is 38.7 Å². The van der Waals surface area contributed by atoms with E-state index >= 15 is 0 Å². The summed E-state index contributed by atoms with van der Waals surface area (Å²) in [4.78, 5) is 27.2. The Hall–Kier alpha value is -1.96. The number of nitrogens with zero attached hydrogens (tertiary/aromatic N) is 1. The molecule has 1 saturated heterocycles. The molecule has 2 amide bonds. The number of amides is 2. The van der Waals surface area contributed by atoms with Crippen LogP contribution in [0.4, 0.5) is 4.79 Å². The molecule has 0 unspecified atom stereocenters. The van der Waals surface area contributed by atoms with Crippen molar-refractivity contribution in [3.05, 3.63) is 61.9 Å². The third-order valence-electron chi connectivity index (χ3n) is 5.89. The van der Waals surface area contributed by atoms with Crippen molar-refractivity contribution in [1.82, 2.24) is 4.90 Å². The van der Waals surface area contributed by atoms with E-state index in [0.29, 0.717) is 46.1 Å². The van der Waals surface area contributed by atoms with E-state index in [-0.39, 0.29) is 11.1 Å². The maximum Gasteiger partial charge on any atom is 0.293 e. The van der Waals surface area contributed by atoms with Gasteiger partial charge in [-0.15, -0.1) is 0 Å². The first-order chi connectivity index (χ1) is 15.9. The second-order valence-corrected chi connectivity index (χ2v) is 10.6. The molecule has 2 aliphatic rings. The lowest BCUT2D eigenvalue weighted by atomic mass is 9.89. The summed E-state index contributed by atoms with van der Waals surface area (Å²) in [5.41, 5.74) is 1.67. The smallest absolute Gasteiger partial charge is 0.293 e. The summed E-state index contributed by atoms with van der Waals surface area (Å²) in [7, 11) is 1.54. The van der Waals surface area contributed by atoms with Crippen LogP contribution in [0.1, 0.15) is 43.2 Å². The second-order valence-electron chi connectivity index (χ2n) is 8.25. The molecule has 0 spiro atoms. The minimum Gasteiger partial charge on any atom is -0.493 e. The van der Waals surface area contributed by atoms with Crippen LogP contribution < -0.4 is 9.47 Å². The average Bonchev–Trinajstić information content (AvgIpc) is 3.07. The summed E-state index contributed by atoms with van der Waals surface area (Å²) in [6, 6.07) is 11.3. The fourth-order valence-electron chi connectivity index (χ4n) is 4.14. The Bertz CT molecular complexity index is 1070. The zero-order chi connectivity index (χ0) is 23.4. The number of carbonyl (C=O) groups is 2. The summed E-state index contributed by atoms with van der Waals surface area (Å²) in [5, 5.41) is 0.170. The van der Waals surface area contributed by atoms with E-state index < -0.39 is 0 Å². The van der Waals surface area contributed by atoms with Gasteiger partial charge in [-0.25, -0.2) is 0 Å². The van der Waals surface area contributed by atoms with Gasteiger partial charge >= 0.3 is 0 Å². The van der Waals surface area contributed by atoms with Gasteiger partial charge in [0, 0.05) is 11.0 Å². The van der Waals surface area contributed by atoms with E-state index in [0.717, 1.165) is 34.6 Å². The first-order valence-electron chi connectivity index (χ1n) is 10.9. The van der Waals surface area contributed by atoms with Gasteiger partial charge in [-0.1, -0.05) is 58.9 Å². The number of hydrogen-bond acceptors (Lipinski definition) is 5. The summed E-state index contributed by atoms with van der Waals surface area (Å²) >= 11 is 10.9. The van der Waals surface area contributed by atoms with Gasteiger partial charge in [-0.2, -0.15) is 0 Å². The van der Waals surface area contributed by atoms with E-state index in [9.17, 15) is 9.59 Å². The van der Waals surface area contributed by atoms with E-state index in [1.54, 1.807) is 25.3 Å². The highest BCUT2D eigenvalue weighted by Gasteiger charge is 2.36. The van der Waals surface area contributed by atoms with Crippen molar-refractivity contribution >= 4 is 56.5 Å². The lowest BCUT2D eigenvalue weighted by molar-refractivity contribution is -0.123. The molecular weight excluding hydrogens is 526 g/mol. The Labute approximate surface area is 211 Å². The minimum atomic E-state index is -0.235. The fourth-order valence-corrected chi connectivity index (χ4v) is 5.52. The molecule has 2 aromatic carbocycles. The number of carbonyl (C=O) groups excluding carboxylic acids is 2. The molecule has 8 heteroatoms. The molecule has 33 heavy (non-hydrogen) atoms. The lowest BCUT2D eigenvalue weighted by Crippen LogP contribution is -2.34. The van der Waals surface area contributed by atoms with Gasteiger partial charge in [0.15, 0.2) is 11.5 Å². The summed E-state index contributed by atoms with van der Waals surface area (Å²) in [5.74, 6) is 1.07. The van der Waals surface area contributed by atoms with E-state index in [1.807, 2.05) is 24.3 Å². The molecule has 2 aromatic rings. The van der Waals surface area contributed by atoms with Gasteiger partial charge in [-0.3, -0.25) is 14.5 Å². The molecule has 0 atom stereocenters. The van der Waals surface area contributed by atoms with Crippen LogP contribution in [0.2, 0.25) is 5.02 Å². The summed E-state index contributed by atoms with van der Waals surface area (Å²) in [6.45, 7) is 0.845. The van der Waals surface area contributed by atoms with Crippen LogP contribution in [0.5, 0.6) is 11.5 Å². The average molecular weight is 551 g/mol. The van der Waals surface area contributed by atoms with Crippen molar-refractivity contribution in [3.63, 3.8) is 0 Å². The molecule has 174 valence electrons. The Balaban J connectivity index is 1.49. The Morgan fingerprint density at radius 3 is 2.58 bits per heavy atom. The predicted octanol–water partition coefficient (Wildman–Crippen LogP) is 7.31. The van der Waals surface area contributed by atoms with Gasteiger partial charge in [0.05, 0.1) is 17.0 Å². The molecule has 4 rings (SSSR count). The topological polar surface area (TPSA) is 55.8 Å². The van der Waals surface area contributed by atoms with Gasteiger partial charge in [-0.05, 0) is 72.0 Å². The molecule has 2 fully saturated rings. The molecule has 1 heterocycles. The quantitative estimate of drug-likeness (QED) is 0.338. The first kappa shape index (κ1) is 24.2. The number of ether oxygens (including phenoxy) is 2. The van der Waals surface area contributed by atoms with Crippen molar-refractivity contribution < 1.29 is 19.1 Å². The van der Waals surface area contributed by atoms with Crippen LogP contribution in [0.25, 0.3) is 6.08 Å². The monoisotopic (exact) mass is 549 g/mol. The summed E-state index contributed by atoms with van der Waals surface area (Å²) in [6.07, 6.45) is 7.43. The maximum absolute atomic E-state index is 12.9. The lowest BCUT2D eigenvalue weighted by Gasteiger charge is -2.25. The number of rotatable bonds is 7. The second kappa shape index (κ2) is 11.0. The third kappa shape index (κ3) is 5.94. The highest BCUT2D eigenvalue weighted by molar-refractivity contribution is 9.10. The molecule has 1 aliphatic heterocycles. The van der Waals surface area contributed by atoms with E-state index in [2.05, 4.69) is 15.9 Å². The molecule has 1 saturated carbocycles. The van der Waals surface area contributed by atoms with Crippen LogP contribution in [-0.2, 0) is 11.4 Å². The van der Waals surface area contributed by atoms with Gasteiger partial charge < -0.3 is 9.47 Å². The fraction of sp³-hybridized carbons (Fsp3) is 0.360. The normalized spacial score (nSPS) is 18.3. The number of halogens is 2. The van der Waals surface area contributed by atoms with Gasteiger partial charge in [0.1, 0.15) is 6.61 Å². The molecule has 0 bridgehead atoms. The molecule has 0 radical (unpaired) electrons. The van der Waals surface area contributed by atoms with Crippen LogP contribution in [-0.4, -0.2) is 29.7 Å². The zero-order valence-electron chi connectivity index (χ0n) is 18.3. The van der Waals surface area contributed by atoms with Crippen molar-refractivity contribution in [2.24, 2.45) is 5.92 Å². The number of thioether (sulfide) groups is 1. The van der Waals surface area contributed by atoms with Crippen molar-refractivity contribution in [3.8, 4) is 11.5 Å². The number of hydrogen-bond donors (Lipinski definition) is 0. The number of methoxy groups -OCH3 is 1. The van der Waals surface area contributed by atoms with Crippen LogP contribution in [0.15, 0.2) is 45.8 Å². The van der Waals surface area contributed by atoms with E-state index in [4.69, 9.17) is 21.1 Å². The maximum atomic E-state index is 12.9. The predicted molar refractivity (Wildman–Crippen MR) is 136 cm³/mol. The van der Waals surface area contributed by atoms with Crippen LogP contribution >= 0.6 is 39.3 Å². The van der Waals surface area contributed by atoms with Crippen LogP contribution in [0.3, 0.4) is 0 Å². The standard InChI is InChI=1S/C25H25BrClNO4S/c1-31-21-12-18(11-20(27)23(21)32-15-17-7-9-19(26)10-8-17)13-22-24(29)28(25(30)33-22)14-16-5-3-2-4-6-16/h7-13,16H,2-6,14-15H2,1H3/b22-13+. The van der Waals surface area contributed by atoms with Crippen molar-refractivity contribution in [1.29, 1.82) is 0 Å². The Kier molecular flexibility index (Phi) is 8.04. The van der Waals surface area contributed by atoms with Crippen LogP contribution in [0, 0.1) is 5.92 Å². The highest BCUT2D eigenvalue weighted by Crippen LogP contribution is 2.40. The zero-order valence-corrected chi connectivity index (χ0v) is 21.5. The SMILES string of the molecule is COc1cc(/C=C2/SC(=O)N(CC3CCCCC3)C2=O)cc(Cl)c1OCc1ccc(Br)cc1. The van der Waals surface area contributed by atoms with Crippen molar-refractivity contribution in [2.75, 3.05) is 13.7 Å². The Morgan fingerprint density at radius 2 is 1.88 bits per heavy atom. The molecular formula is C25H25BrClNO4S. The van der Waals surface area contributed by atoms with Gasteiger partial charge in [0.2, 0.25) is 0 Å². The highest BCUT2D eigenvalue weighted by atomic mass is 79.9. The number of imide groups is 1. The minimum absolute atomic E-state index is 0.204. The Morgan fingerprint density at radius 1 is 1.15 bits per heavy atom.